The molecule has 0 amide bonds. The monoisotopic (exact) mass is 198 g/mol. The van der Waals surface area contributed by atoms with Crippen LogP contribution in [0.2, 0.25) is 0 Å². The topological polar surface area (TPSA) is 34.1 Å². The molecule has 0 saturated carbocycles. The molecule has 2 unspecified atom stereocenters. The van der Waals surface area contributed by atoms with Gasteiger partial charge in [-0.3, -0.25) is 0 Å². The van der Waals surface area contributed by atoms with Crippen molar-refractivity contribution in [2.24, 2.45) is 11.8 Å². The lowest BCUT2D eigenvalue weighted by atomic mass is 9.93. The molecule has 0 aromatic heterocycles. The Morgan fingerprint density at radius 1 is 1.07 bits per heavy atom. The smallest absolute Gasteiger partial charge is 0.123 e. The zero-order valence-electron chi connectivity index (χ0n) is 9.37. The van der Waals surface area contributed by atoms with Gasteiger partial charge in [-0.25, -0.2) is 0 Å². The molecule has 0 heterocycles. The first-order valence-corrected chi connectivity index (χ1v) is 5.65. The third kappa shape index (κ3) is 6.81. The molecule has 0 aliphatic rings. The van der Waals surface area contributed by atoms with Crippen molar-refractivity contribution < 1.29 is 9.59 Å². The van der Waals surface area contributed by atoms with Crippen molar-refractivity contribution in [3.63, 3.8) is 0 Å². The molecule has 0 aromatic carbocycles. The fourth-order valence-corrected chi connectivity index (χ4v) is 1.61. The van der Waals surface area contributed by atoms with Crippen LogP contribution in [0.3, 0.4) is 0 Å². The summed E-state index contributed by atoms with van der Waals surface area (Å²) in [5, 5.41) is 0. The molecule has 0 spiro atoms. The van der Waals surface area contributed by atoms with Crippen LogP contribution in [0.15, 0.2) is 0 Å². The van der Waals surface area contributed by atoms with Gasteiger partial charge in [0.1, 0.15) is 12.6 Å². The first-order chi connectivity index (χ1) is 6.74. The molecule has 0 bridgehead atoms. The SMILES string of the molecule is CCCCCCC(C=O)CC(C)C=O. The Kier molecular flexibility index (Phi) is 8.50. The first kappa shape index (κ1) is 13.3. The maximum atomic E-state index is 10.7. The van der Waals surface area contributed by atoms with Crippen LogP contribution >= 0.6 is 0 Å². The summed E-state index contributed by atoms with van der Waals surface area (Å²) in [5.41, 5.74) is 0. The molecular weight excluding hydrogens is 176 g/mol. The summed E-state index contributed by atoms with van der Waals surface area (Å²) in [6.45, 7) is 4.04. The van der Waals surface area contributed by atoms with Gasteiger partial charge in [0.25, 0.3) is 0 Å². The van der Waals surface area contributed by atoms with E-state index in [0.717, 1.165) is 31.8 Å². The van der Waals surface area contributed by atoms with Crippen LogP contribution in [0.25, 0.3) is 0 Å². The van der Waals surface area contributed by atoms with Gasteiger partial charge in [0.15, 0.2) is 0 Å². The molecule has 0 N–H and O–H groups in total. The third-order valence-electron chi connectivity index (χ3n) is 2.53. The van der Waals surface area contributed by atoms with Gasteiger partial charge in [-0.1, -0.05) is 39.5 Å². The predicted octanol–water partition coefficient (Wildman–Crippen LogP) is 3.00. The Morgan fingerprint density at radius 2 is 1.79 bits per heavy atom. The van der Waals surface area contributed by atoms with Crippen molar-refractivity contribution in [3.05, 3.63) is 0 Å². The van der Waals surface area contributed by atoms with Gasteiger partial charge in [-0.15, -0.1) is 0 Å². The second-order valence-corrected chi connectivity index (χ2v) is 4.09. The average Bonchev–Trinajstić information content (AvgIpc) is 2.22. The van der Waals surface area contributed by atoms with Crippen LogP contribution in [-0.2, 0) is 9.59 Å². The maximum Gasteiger partial charge on any atom is 0.123 e. The van der Waals surface area contributed by atoms with Gasteiger partial charge in [0.2, 0.25) is 0 Å². The highest BCUT2D eigenvalue weighted by Crippen LogP contribution is 2.16. The number of hydrogen-bond acceptors (Lipinski definition) is 2. The summed E-state index contributed by atoms with van der Waals surface area (Å²) < 4.78 is 0. The lowest BCUT2D eigenvalue weighted by molar-refractivity contribution is -0.113. The molecule has 0 saturated heterocycles. The fourth-order valence-electron chi connectivity index (χ4n) is 1.61. The largest absolute Gasteiger partial charge is 0.303 e. The van der Waals surface area contributed by atoms with Gasteiger partial charge in [-0.2, -0.15) is 0 Å². The van der Waals surface area contributed by atoms with E-state index in [1.807, 2.05) is 6.92 Å². The Labute approximate surface area is 87.1 Å². The summed E-state index contributed by atoms with van der Waals surface area (Å²) >= 11 is 0. The summed E-state index contributed by atoms with van der Waals surface area (Å²) in [6.07, 6.45) is 8.39. The highest BCUT2D eigenvalue weighted by molar-refractivity contribution is 5.57. The van der Waals surface area contributed by atoms with Crippen LogP contribution < -0.4 is 0 Å². The fraction of sp³-hybridized carbons (Fsp3) is 0.833. The zero-order chi connectivity index (χ0) is 10.8. The number of aldehydes is 2. The second kappa shape index (κ2) is 8.92. The van der Waals surface area contributed by atoms with E-state index in [4.69, 9.17) is 0 Å². The maximum absolute atomic E-state index is 10.7. The minimum Gasteiger partial charge on any atom is -0.303 e. The zero-order valence-corrected chi connectivity index (χ0v) is 9.37. The van der Waals surface area contributed by atoms with Crippen LogP contribution in [-0.4, -0.2) is 12.6 Å². The summed E-state index contributed by atoms with van der Waals surface area (Å²) in [4.78, 5) is 21.1. The Hall–Kier alpha value is -0.660. The summed E-state index contributed by atoms with van der Waals surface area (Å²) in [7, 11) is 0. The van der Waals surface area contributed by atoms with Crippen molar-refractivity contribution in [3.8, 4) is 0 Å². The Balaban J connectivity index is 3.57. The van der Waals surface area contributed by atoms with Crippen LogP contribution in [0.4, 0.5) is 0 Å². The van der Waals surface area contributed by atoms with E-state index in [1.54, 1.807) is 0 Å². The van der Waals surface area contributed by atoms with Gasteiger partial charge < -0.3 is 9.59 Å². The summed E-state index contributed by atoms with van der Waals surface area (Å²) in [5.74, 6) is 0.114. The van der Waals surface area contributed by atoms with Gasteiger partial charge in [0.05, 0.1) is 0 Å². The molecular formula is C12H22O2. The van der Waals surface area contributed by atoms with E-state index < -0.39 is 0 Å². The molecule has 0 aliphatic carbocycles. The lowest BCUT2D eigenvalue weighted by Crippen LogP contribution is -2.08. The van der Waals surface area contributed by atoms with E-state index in [1.165, 1.54) is 19.3 Å². The summed E-state index contributed by atoms with van der Waals surface area (Å²) in [6, 6.07) is 0. The molecule has 0 radical (unpaired) electrons. The molecule has 0 rings (SSSR count). The van der Waals surface area contributed by atoms with Gasteiger partial charge in [-0.05, 0) is 12.8 Å². The van der Waals surface area contributed by atoms with E-state index in [2.05, 4.69) is 6.92 Å². The number of hydrogen-bond donors (Lipinski definition) is 0. The second-order valence-electron chi connectivity index (χ2n) is 4.09. The van der Waals surface area contributed by atoms with Gasteiger partial charge >= 0.3 is 0 Å². The lowest BCUT2D eigenvalue weighted by Gasteiger charge is -2.11. The Morgan fingerprint density at radius 3 is 2.29 bits per heavy atom. The number of rotatable bonds is 9. The van der Waals surface area contributed by atoms with Crippen molar-refractivity contribution in [1.29, 1.82) is 0 Å². The van der Waals surface area contributed by atoms with E-state index in [-0.39, 0.29) is 11.8 Å². The Bertz CT molecular complexity index is 154. The predicted molar refractivity (Wildman–Crippen MR) is 58.2 cm³/mol. The van der Waals surface area contributed by atoms with Gasteiger partial charge in [0, 0.05) is 11.8 Å². The van der Waals surface area contributed by atoms with Crippen molar-refractivity contribution in [2.45, 2.75) is 52.4 Å². The quantitative estimate of drug-likeness (QED) is 0.421. The molecule has 0 fully saturated rings. The minimum atomic E-state index is 0.0244. The highest BCUT2D eigenvalue weighted by atomic mass is 16.1. The standard InChI is InChI=1S/C12H22O2/c1-3-4-5-6-7-12(10-14)8-11(2)9-13/h9-12H,3-8H2,1-2H3. The molecule has 0 aliphatic heterocycles. The van der Waals surface area contributed by atoms with Crippen molar-refractivity contribution in [1.82, 2.24) is 0 Å². The first-order valence-electron chi connectivity index (χ1n) is 5.65. The van der Waals surface area contributed by atoms with Crippen molar-refractivity contribution >= 4 is 12.6 Å². The molecule has 2 nitrogen and oxygen atoms in total. The molecule has 2 atom stereocenters. The molecule has 0 aromatic rings. The molecule has 82 valence electrons. The van der Waals surface area contributed by atoms with Crippen LogP contribution in [0, 0.1) is 11.8 Å². The average molecular weight is 198 g/mol. The van der Waals surface area contributed by atoms with E-state index in [0.29, 0.717) is 0 Å². The minimum absolute atomic E-state index is 0.0244. The number of carbonyl (C=O) groups is 2. The van der Waals surface area contributed by atoms with Crippen LogP contribution in [0.1, 0.15) is 52.4 Å². The van der Waals surface area contributed by atoms with E-state index in [9.17, 15) is 9.59 Å². The normalized spacial score (nSPS) is 14.7. The highest BCUT2D eigenvalue weighted by Gasteiger charge is 2.11. The van der Waals surface area contributed by atoms with Crippen LogP contribution in [0.5, 0.6) is 0 Å². The molecule has 14 heavy (non-hydrogen) atoms. The molecule has 2 heteroatoms. The third-order valence-corrected chi connectivity index (χ3v) is 2.53. The van der Waals surface area contributed by atoms with Crippen molar-refractivity contribution in [2.75, 3.05) is 0 Å². The van der Waals surface area contributed by atoms with E-state index >= 15 is 0 Å². The number of unbranched alkanes of at least 4 members (excludes halogenated alkanes) is 3. The number of carbonyl (C=O) groups excluding carboxylic acids is 2.